The molecule has 0 spiro atoms. The highest BCUT2D eigenvalue weighted by Gasteiger charge is 2.30. The molecule has 1 aliphatic heterocycles. The van der Waals surface area contributed by atoms with Gasteiger partial charge < -0.3 is 14.2 Å². The molecular formula is C34H47Cl3O7S. The summed E-state index contributed by atoms with van der Waals surface area (Å²) in [6, 6.07) is 9.84. The first kappa shape index (κ1) is 39.7. The maximum atomic E-state index is 12.5. The molecule has 252 valence electrons. The van der Waals surface area contributed by atoms with Gasteiger partial charge in [-0.1, -0.05) is 94.9 Å². The third kappa shape index (κ3) is 11.6. The summed E-state index contributed by atoms with van der Waals surface area (Å²) in [5.74, 6) is -0.237. The van der Waals surface area contributed by atoms with Crippen LogP contribution >= 0.6 is 34.8 Å². The first-order valence-electron chi connectivity index (χ1n) is 15.1. The number of ether oxygens (including phenoxy) is 3. The molecule has 0 N–H and O–H groups in total. The zero-order valence-corrected chi connectivity index (χ0v) is 29.1. The molecule has 11 heteroatoms. The lowest BCUT2D eigenvalue weighted by Crippen LogP contribution is -2.30. The Morgan fingerprint density at radius 3 is 1.60 bits per heavy atom. The van der Waals surface area contributed by atoms with E-state index >= 15 is 0 Å². The van der Waals surface area contributed by atoms with E-state index in [1.165, 1.54) is 12.1 Å². The van der Waals surface area contributed by atoms with E-state index in [1.54, 1.807) is 24.3 Å². The van der Waals surface area contributed by atoms with Crippen LogP contribution < -0.4 is 0 Å². The molecule has 1 aliphatic carbocycles. The van der Waals surface area contributed by atoms with Gasteiger partial charge in [0, 0.05) is 31.3 Å². The number of hydrogen-bond acceptors (Lipinski definition) is 7. The zero-order chi connectivity index (χ0) is 32.6. The first-order chi connectivity index (χ1) is 20.7. The monoisotopic (exact) mass is 704 g/mol. The van der Waals surface area contributed by atoms with Crippen LogP contribution in [0.4, 0.5) is 0 Å². The average Bonchev–Trinajstić information content (AvgIpc) is 3.49. The van der Waals surface area contributed by atoms with Crippen molar-refractivity contribution in [2.45, 2.75) is 103 Å². The number of hydrogen-bond donors (Lipinski definition) is 0. The van der Waals surface area contributed by atoms with Crippen LogP contribution in [-0.4, -0.2) is 51.7 Å². The van der Waals surface area contributed by atoms with Crippen molar-refractivity contribution < 1.29 is 32.2 Å². The van der Waals surface area contributed by atoms with Crippen LogP contribution in [0.3, 0.4) is 0 Å². The second-order valence-corrected chi connectivity index (χ2v) is 15.2. The summed E-state index contributed by atoms with van der Waals surface area (Å²) >= 11 is 18.1. The molecule has 0 aromatic heterocycles. The lowest BCUT2D eigenvalue weighted by molar-refractivity contribution is -0.142. The number of sulfone groups is 1. The second kappa shape index (κ2) is 18.1. The molecule has 2 aliphatic rings. The fraction of sp³-hybridized carbons (Fsp3) is 0.588. The van der Waals surface area contributed by atoms with Crippen molar-refractivity contribution in [2.24, 2.45) is 11.8 Å². The Balaban J connectivity index is 0.000000308. The number of carbonyl (C=O) groups is 2. The Bertz CT molecular complexity index is 1380. The van der Waals surface area contributed by atoms with Gasteiger partial charge in [-0.15, -0.1) is 0 Å². The summed E-state index contributed by atoms with van der Waals surface area (Å²) < 4.78 is 40.8. The first-order valence-corrected chi connectivity index (χ1v) is 18.1. The van der Waals surface area contributed by atoms with E-state index in [4.69, 9.17) is 49.0 Å². The largest absolute Gasteiger partial charge is 0.381 e. The summed E-state index contributed by atoms with van der Waals surface area (Å²) in [7, 11) is -3.39. The van der Waals surface area contributed by atoms with Gasteiger partial charge in [0.25, 0.3) is 0 Å². The number of halogens is 3. The molecule has 2 aromatic carbocycles. The van der Waals surface area contributed by atoms with Gasteiger partial charge in [-0.3, -0.25) is 9.59 Å². The van der Waals surface area contributed by atoms with Crippen LogP contribution in [0.25, 0.3) is 0 Å². The number of benzene rings is 2. The van der Waals surface area contributed by atoms with E-state index < -0.39 is 22.0 Å². The van der Waals surface area contributed by atoms with Gasteiger partial charge in [0.1, 0.15) is 12.2 Å². The van der Waals surface area contributed by atoms with Crippen molar-refractivity contribution in [3.05, 3.63) is 62.6 Å². The molecule has 2 fully saturated rings. The minimum atomic E-state index is -3.39. The predicted molar refractivity (Wildman–Crippen MR) is 181 cm³/mol. The maximum absolute atomic E-state index is 12.5. The minimum Gasteiger partial charge on any atom is -0.381 e. The summed E-state index contributed by atoms with van der Waals surface area (Å²) in [5.41, 5.74) is 1.38. The Hall–Kier alpha value is -1.52. The Morgan fingerprint density at radius 2 is 1.18 bits per heavy atom. The fourth-order valence-electron chi connectivity index (χ4n) is 5.10. The van der Waals surface area contributed by atoms with Crippen molar-refractivity contribution in [1.29, 1.82) is 0 Å². The second-order valence-electron chi connectivity index (χ2n) is 12.0. The number of rotatable bonds is 11. The van der Waals surface area contributed by atoms with E-state index in [0.717, 1.165) is 50.3 Å². The zero-order valence-electron chi connectivity index (χ0n) is 26.0. The van der Waals surface area contributed by atoms with Crippen molar-refractivity contribution >= 4 is 56.2 Å². The van der Waals surface area contributed by atoms with E-state index in [2.05, 4.69) is 0 Å². The van der Waals surface area contributed by atoms with Crippen LogP contribution in [0.1, 0.15) is 97.0 Å². The van der Waals surface area contributed by atoms with Gasteiger partial charge >= 0.3 is 0 Å². The molecule has 7 nitrogen and oxygen atoms in total. The molecule has 45 heavy (non-hydrogen) atoms. The normalized spacial score (nSPS) is 17.4. The van der Waals surface area contributed by atoms with Gasteiger partial charge in [0.15, 0.2) is 21.4 Å². The molecule has 4 rings (SSSR count). The summed E-state index contributed by atoms with van der Waals surface area (Å²) in [6.07, 6.45) is 5.70. The Kier molecular flexibility index (Phi) is 16.0. The molecule has 2 atom stereocenters. The highest BCUT2D eigenvalue weighted by molar-refractivity contribution is 7.90. The van der Waals surface area contributed by atoms with E-state index in [9.17, 15) is 18.0 Å². The van der Waals surface area contributed by atoms with E-state index in [-0.39, 0.29) is 53.0 Å². The van der Waals surface area contributed by atoms with Crippen LogP contribution in [0.2, 0.25) is 15.1 Å². The van der Waals surface area contributed by atoms with Crippen LogP contribution in [0.5, 0.6) is 0 Å². The van der Waals surface area contributed by atoms with Gasteiger partial charge in [-0.05, 0) is 61.1 Å². The van der Waals surface area contributed by atoms with Crippen LogP contribution in [0, 0.1) is 11.8 Å². The molecule has 1 saturated heterocycles. The number of carbonyl (C=O) groups excluding carboxylic acids is 2. The molecule has 0 amide bonds. The average molecular weight is 706 g/mol. The van der Waals surface area contributed by atoms with Crippen LogP contribution in [-0.2, 0) is 33.6 Å². The molecule has 2 aromatic rings. The lowest BCUT2D eigenvalue weighted by Gasteiger charge is -2.28. The molecular weight excluding hydrogens is 659 g/mol. The Morgan fingerprint density at radius 1 is 0.733 bits per heavy atom. The summed E-state index contributed by atoms with van der Waals surface area (Å²) in [4.78, 5) is 25.1. The minimum absolute atomic E-state index is 0. The number of Topliss-reactive ketones (excluding diaryl/α,β-unsaturated/α-hetero) is 2. The number of ketones is 2. The van der Waals surface area contributed by atoms with Gasteiger partial charge in [-0.2, -0.15) is 0 Å². The van der Waals surface area contributed by atoms with Crippen molar-refractivity contribution in [3.8, 4) is 0 Å². The Labute approximate surface area is 284 Å². The SMILES string of the molecule is C.CC(C)C(=O)C(OC1CCCC1)c1ccc(S(C)(=O)=O)c(Cl)c1.CC(C)C(=O)C(OC1CCOCC1)c1ccc(Cl)c(Cl)c1. The third-order valence-corrected chi connectivity index (χ3v) is 10.0. The molecule has 2 unspecified atom stereocenters. The highest BCUT2D eigenvalue weighted by Crippen LogP contribution is 2.34. The quantitative estimate of drug-likeness (QED) is 0.230. The molecule has 0 bridgehead atoms. The molecule has 0 radical (unpaired) electrons. The third-order valence-electron chi connectivity index (χ3n) is 7.69. The van der Waals surface area contributed by atoms with Gasteiger partial charge in [-0.25, -0.2) is 8.42 Å². The van der Waals surface area contributed by atoms with Crippen molar-refractivity contribution in [2.75, 3.05) is 19.5 Å². The van der Waals surface area contributed by atoms with Gasteiger partial charge in [0.05, 0.1) is 32.2 Å². The van der Waals surface area contributed by atoms with E-state index in [1.807, 2.05) is 27.7 Å². The summed E-state index contributed by atoms with van der Waals surface area (Å²) in [6.45, 7) is 8.77. The van der Waals surface area contributed by atoms with Crippen molar-refractivity contribution in [3.63, 3.8) is 0 Å². The molecule has 1 heterocycles. The van der Waals surface area contributed by atoms with Gasteiger partial charge in [0.2, 0.25) is 0 Å². The van der Waals surface area contributed by atoms with Crippen LogP contribution in [0.15, 0.2) is 41.3 Å². The lowest BCUT2D eigenvalue weighted by atomic mass is 9.97. The van der Waals surface area contributed by atoms with Crippen molar-refractivity contribution in [1.82, 2.24) is 0 Å². The smallest absolute Gasteiger partial charge is 0.176 e. The highest BCUT2D eigenvalue weighted by atomic mass is 35.5. The summed E-state index contributed by atoms with van der Waals surface area (Å²) in [5, 5.41) is 1.04. The topological polar surface area (TPSA) is 96.0 Å². The molecule has 1 saturated carbocycles. The van der Waals surface area contributed by atoms with E-state index in [0.29, 0.717) is 28.8 Å². The maximum Gasteiger partial charge on any atom is 0.176 e. The predicted octanol–water partition coefficient (Wildman–Crippen LogP) is 9.06. The standard InChI is InChI=1S/C17H23ClO4S.C16H20Cl2O3.CH4/c1-11(2)16(19)17(22-13-6-4-5-7-13)12-8-9-15(14(18)10-12)23(3,20)21;1-10(2)15(19)16(21-12-5-7-20-8-6-12)11-3-4-13(17)14(18)9-11;/h8-11,13,17H,4-7H2,1-3H3;3-4,9-10,12,16H,5-8H2,1-2H3;1H4. The fourth-order valence-corrected chi connectivity index (χ4v) is 6.75.